The zero-order valence-electron chi connectivity index (χ0n) is 11.9. The maximum Gasteiger partial charge on any atom is 0.418 e. The second-order valence-corrected chi connectivity index (χ2v) is 5.25. The molecule has 2 N–H and O–H groups in total. The molecule has 0 aliphatic carbocycles. The van der Waals surface area contributed by atoms with Gasteiger partial charge in [-0.15, -0.1) is 0 Å². The van der Waals surface area contributed by atoms with E-state index in [0.717, 1.165) is 6.42 Å². The molecule has 0 bridgehead atoms. The van der Waals surface area contributed by atoms with Gasteiger partial charge in [-0.1, -0.05) is 27.2 Å². The van der Waals surface area contributed by atoms with E-state index in [1.807, 2.05) is 20.8 Å². The molecular formula is C14H21F3N2. The number of aryl methyl sites for hydroxylation is 1. The third kappa shape index (κ3) is 3.19. The first-order valence-corrected chi connectivity index (χ1v) is 6.50. The Kier molecular flexibility index (Phi) is 4.48. The highest BCUT2D eigenvalue weighted by molar-refractivity contribution is 5.44. The Morgan fingerprint density at radius 2 is 1.84 bits per heavy atom. The predicted molar refractivity (Wildman–Crippen MR) is 70.9 cm³/mol. The summed E-state index contributed by atoms with van der Waals surface area (Å²) >= 11 is 0. The molecule has 0 amide bonds. The molecule has 5 heteroatoms. The molecule has 1 aromatic heterocycles. The maximum atomic E-state index is 13.3. The fraction of sp³-hybridized carbons (Fsp3) is 0.643. The average molecular weight is 274 g/mol. The van der Waals surface area contributed by atoms with E-state index in [1.165, 1.54) is 13.0 Å². The molecule has 0 aromatic carbocycles. The summed E-state index contributed by atoms with van der Waals surface area (Å²) in [6, 6.07) is 1.29. The minimum absolute atomic E-state index is 0.0850. The van der Waals surface area contributed by atoms with Crippen LogP contribution in [-0.2, 0) is 11.6 Å². The lowest BCUT2D eigenvalue weighted by molar-refractivity contribution is -0.139. The van der Waals surface area contributed by atoms with Crippen LogP contribution in [0.5, 0.6) is 0 Å². The first kappa shape index (κ1) is 15.8. The van der Waals surface area contributed by atoms with Crippen molar-refractivity contribution in [3.8, 4) is 0 Å². The van der Waals surface area contributed by atoms with E-state index < -0.39 is 17.2 Å². The van der Waals surface area contributed by atoms with Gasteiger partial charge in [0.25, 0.3) is 0 Å². The molecule has 1 atom stereocenters. The quantitative estimate of drug-likeness (QED) is 0.880. The SMILES string of the molecule is CCCC(C)(CC)c1nc(N)cc(C)c1C(F)(F)F. The second-order valence-electron chi connectivity index (χ2n) is 5.25. The number of pyridine rings is 1. The van der Waals surface area contributed by atoms with Crippen LogP contribution in [0.4, 0.5) is 19.0 Å². The third-order valence-electron chi connectivity index (χ3n) is 3.67. The van der Waals surface area contributed by atoms with Crippen LogP contribution in [-0.4, -0.2) is 4.98 Å². The number of rotatable bonds is 4. The number of nitrogen functional groups attached to an aromatic ring is 1. The minimum Gasteiger partial charge on any atom is -0.384 e. The number of alkyl halides is 3. The van der Waals surface area contributed by atoms with Crippen molar-refractivity contribution in [3.05, 3.63) is 22.9 Å². The molecule has 108 valence electrons. The van der Waals surface area contributed by atoms with Gasteiger partial charge in [0.2, 0.25) is 0 Å². The topological polar surface area (TPSA) is 38.9 Å². The summed E-state index contributed by atoms with van der Waals surface area (Å²) in [5.74, 6) is 0.149. The molecule has 0 saturated carbocycles. The van der Waals surface area contributed by atoms with Gasteiger partial charge in [0, 0.05) is 5.41 Å². The normalized spacial score (nSPS) is 15.3. The molecule has 0 aliphatic rings. The van der Waals surface area contributed by atoms with Crippen LogP contribution in [0.15, 0.2) is 6.07 Å². The van der Waals surface area contributed by atoms with E-state index in [1.54, 1.807) is 0 Å². The van der Waals surface area contributed by atoms with Crippen molar-refractivity contribution in [2.75, 3.05) is 5.73 Å². The van der Waals surface area contributed by atoms with Crippen LogP contribution in [0.25, 0.3) is 0 Å². The number of hydrogen-bond donors (Lipinski definition) is 1. The van der Waals surface area contributed by atoms with Crippen molar-refractivity contribution in [3.63, 3.8) is 0 Å². The molecule has 1 rings (SSSR count). The molecule has 1 aromatic rings. The highest BCUT2D eigenvalue weighted by Crippen LogP contribution is 2.42. The van der Waals surface area contributed by atoms with Crippen LogP contribution in [0.2, 0.25) is 0 Å². The number of nitrogens with two attached hydrogens (primary N) is 1. The van der Waals surface area contributed by atoms with Crippen molar-refractivity contribution in [2.45, 2.75) is 58.5 Å². The van der Waals surface area contributed by atoms with E-state index in [9.17, 15) is 13.2 Å². The standard InChI is InChI=1S/C14H21F3N2/c1-5-7-13(4,6-2)12-11(14(15,16)17)9(3)8-10(18)19-12/h8H,5-7H2,1-4H3,(H2,18,19). The Bertz CT molecular complexity index is 455. The smallest absolute Gasteiger partial charge is 0.384 e. The fourth-order valence-electron chi connectivity index (χ4n) is 2.51. The van der Waals surface area contributed by atoms with Gasteiger partial charge in [0.05, 0.1) is 11.3 Å². The van der Waals surface area contributed by atoms with Crippen molar-refractivity contribution in [1.29, 1.82) is 0 Å². The zero-order chi connectivity index (χ0) is 14.8. The summed E-state index contributed by atoms with van der Waals surface area (Å²) in [6.45, 7) is 7.11. The van der Waals surface area contributed by atoms with Gasteiger partial charge in [-0.3, -0.25) is 0 Å². The minimum atomic E-state index is -4.40. The number of halogens is 3. The van der Waals surface area contributed by atoms with Gasteiger partial charge in [0.1, 0.15) is 5.82 Å². The number of hydrogen-bond acceptors (Lipinski definition) is 2. The summed E-state index contributed by atoms with van der Waals surface area (Å²) in [5.41, 5.74) is 4.65. The summed E-state index contributed by atoms with van der Waals surface area (Å²) < 4.78 is 39.8. The monoisotopic (exact) mass is 274 g/mol. The first-order valence-electron chi connectivity index (χ1n) is 6.50. The Morgan fingerprint density at radius 3 is 2.26 bits per heavy atom. The van der Waals surface area contributed by atoms with Crippen LogP contribution < -0.4 is 5.73 Å². The predicted octanol–water partition coefficient (Wildman–Crippen LogP) is 4.46. The van der Waals surface area contributed by atoms with Crippen LogP contribution >= 0.6 is 0 Å². The number of anilines is 1. The van der Waals surface area contributed by atoms with Gasteiger partial charge >= 0.3 is 6.18 Å². The van der Waals surface area contributed by atoms with Crippen molar-refractivity contribution >= 4 is 5.82 Å². The Hall–Kier alpha value is -1.26. The third-order valence-corrected chi connectivity index (χ3v) is 3.67. The molecule has 0 aliphatic heterocycles. The highest BCUT2D eigenvalue weighted by Gasteiger charge is 2.41. The summed E-state index contributed by atoms with van der Waals surface area (Å²) in [7, 11) is 0. The molecule has 2 nitrogen and oxygen atoms in total. The Morgan fingerprint density at radius 1 is 1.26 bits per heavy atom. The first-order chi connectivity index (χ1) is 8.65. The van der Waals surface area contributed by atoms with E-state index in [0.29, 0.717) is 12.8 Å². The molecule has 1 unspecified atom stereocenters. The maximum absolute atomic E-state index is 13.3. The highest BCUT2D eigenvalue weighted by atomic mass is 19.4. The van der Waals surface area contributed by atoms with Gasteiger partial charge in [0.15, 0.2) is 0 Å². The fourth-order valence-corrected chi connectivity index (χ4v) is 2.51. The molecule has 0 saturated heterocycles. The van der Waals surface area contributed by atoms with E-state index in [-0.39, 0.29) is 17.1 Å². The van der Waals surface area contributed by atoms with E-state index in [2.05, 4.69) is 4.98 Å². The lowest BCUT2D eigenvalue weighted by Crippen LogP contribution is -2.28. The van der Waals surface area contributed by atoms with Crippen LogP contribution in [0.1, 0.15) is 56.9 Å². The number of nitrogens with zero attached hydrogens (tertiary/aromatic N) is 1. The second kappa shape index (κ2) is 5.39. The largest absolute Gasteiger partial charge is 0.418 e. The van der Waals surface area contributed by atoms with Crippen molar-refractivity contribution < 1.29 is 13.2 Å². The lowest BCUT2D eigenvalue weighted by Gasteiger charge is -2.31. The zero-order valence-corrected chi connectivity index (χ0v) is 11.9. The summed E-state index contributed by atoms with van der Waals surface area (Å²) in [4.78, 5) is 4.02. The van der Waals surface area contributed by atoms with E-state index >= 15 is 0 Å². The Labute approximate surface area is 112 Å². The molecule has 19 heavy (non-hydrogen) atoms. The van der Waals surface area contributed by atoms with Gasteiger partial charge in [-0.2, -0.15) is 13.2 Å². The average Bonchev–Trinajstić information content (AvgIpc) is 2.26. The summed E-state index contributed by atoms with van der Waals surface area (Å²) in [6.07, 6.45) is -2.34. The molecular weight excluding hydrogens is 253 g/mol. The molecule has 0 fully saturated rings. The van der Waals surface area contributed by atoms with E-state index in [4.69, 9.17) is 5.73 Å². The molecule has 0 spiro atoms. The number of aromatic nitrogens is 1. The Balaban J connectivity index is 3.56. The van der Waals surface area contributed by atoms with Crippen molar-refractivity contribution in [2.24, 2.45) is 0 Å². The van der Waals surface area contributed by atoms with Crippen LogP contribution in [0.3, 0.4) is 0 Å². The molecule has 0 radical (unpaired) electrons. The van der Waals surface area contributed by atoms with Gasteiger partial charge < -0.3 is 5.73 Å². The van der Waals surface area contributed by atoms with Crippen LogP contribution in [0, 0.1) is 6.92 Å². The lowest BCUT2D eigenvalue weighted by atomic mass is 9.77. The van der Waals surface area contributed by atoms with Crippen molar-refractivity contribution in [1.82, 2.24) is 4.98 Å². The molecule has 1 heterocycles. The summed E-state index contributed by atoms with van der Waals surface area (Å²) in [5, 5.41) is 0. The van der Waals surface area contributed by atoms with Gasteiger partial charge in [-0.05, 0) is 31.4 Å². The van der Waals surface area contributed by atoms with Gasteiger partial charge in [-0.25, -0.2) is 4.98 Å².